The molecule has 1 aromatic carbocycles. The van der Waals surface area contributed by atoms with E-state index in [4.69, 9.17) is 12.2 Å². The Balaban J connectivity index is 1.46. The van der Waals surface area contributed by atoms with Gasteiger partial charge in [-0.2, -0.15) is 9.97 Å². The number of anilines is 1. The largest absolute Gasteiger partial charge is 0.461 e. The van der Waals surface area contributed by atoms with Crippen molar-refractivity contribution in [2.45, 2.75) is 50.1 Å². The van der Waals surface area contributed by atoms with E-state index in [1.54, 1.807) is 11.8 Å². The lowest BCUT2D eigenvalue weighted by atomic mass is 9.95. The highest BCUT2D eigenvalue weighted by Crippen LogP contribution is 2.45. The summed E-state index contributed by atoms with van der Waals surface area (Å²) in [4.78, 5) is 12.6. The second-order valence-electron chi connectivity index (χ2n) is 9.48. The van der Waals surface area contributed by atoms with Crippen LogP contribution in [-0.4, -0.2) is 78.2 Å². The summed E-state index contributed by atoms with van der Waals surface area (Å²) in [5.74, 6) is -0.517. The number of nitrogens with zero attached hydrogens (tertiary/aromatic N) is 4. The van der Waals surface area contributed by atoms with Gasteiger partial charge in [0.2, 0.25) is 0 Å². The first-order valence-electron chi connectivity index (χ1n) is 12.4. The molecule has 4 fully saturated rings. The molecule has 4 aliphatic rings. The molecule has 0 bridgehead atoms. The lowest BCUT2D eigenvalue weighted by Crippen LogP contribution is -2.43. The van der Waals surface area contributed by atoms with Crippen LogP contribution in [0.2, 0.25) is 0 Å². The second kappa shape index (κ2) is 7.95. The molecule has 33 heavy (non-hydrogen) atoms. The van der Waals surface area contributed by atoms with Gasteiger partial charge in [0.05, 0.1) is 37.5 Å². The third kappa shape index (κ3) is 3.51. The normalized spacial score (nSPS) is 35.1. The zero-order chi connectivity index (χ0) is 24.7. The van der Waals surface area contributed by atoms with Crippen molar-refractivity contribution in [2.24, 2.45) is 5.92 Å². The molecule has 0 radical (unpaired) electrons. The van der Waals surface area contributed by atoms with E-state index >= 15 is 0 Å². The van der Waals surface area contributed by atoms with Crippen molar-refractivity contribution in [3.8, 4) is 6.01 Å². The van der Waals surface area contributed by atoms with E-state index in [9.17, 15) is 13.2 Å². The molecule has 10 heteroatoms. The first-order chi connectivity index (χ1) is 16.6. The molecule has 5 atom stereocenters. The number of aromatic nitrogens is 2. The van der Waals surface area contributed by atoms with Gasteiger partial charge in [-0.05, 0) is 53.9 Å². The van der Waals surface area contributed by atoms with Gasteiger partial charge in [-0.15, -0.1) is 0 Å². The second-order valence-corrected chi connectivity index (χ2v) is 10.3. The molecule has 0 unspecified atom stereocenters. The minimum atomic E-state index is -2.27. The first-order valence-corrected chi connectivity index (χ1v) is 12.2. The van der Waals surface area contributed by atoms with Crippen molar-refractivity contribution >= 4 is 32.7 Å². The molecule has 6 nitrogen and oxygen atoms in total. The Bertz CT molecular complexity index is 1190. The standard InChI is InChI=1S/C23H26BrF3N4O2/c1-12-17(24)16(26)7-14-19(12)28-22(33-11-23-3-2-4-30(23)9-13(25)8-23)29-21(14)31-5-6-32-10-15-18(27)20(15)31/h7,13,15,18,20H,2-6,8-11H2,1H3/t13-,15+,18+,20+,23+/m1/s1/i11D2. The molecule has 6 rings (SSSR count). The molecule has 3 aliphatic heterocycles. The van der Waals surface area contributed by atoms with Crippen molar-refractivity contribution in [3.63, 3.8) is 0 Å². The Morgan fingerprint density at radius 3 is 3.06 bits per heavy atom. The van der Waals surface area contributed by atoms with Gasteiger partial charge in [-0.3, -0.25) is 4.90 Å². The lowest BCUT2D eigenvalue weighted by molar-refractivity contribution is 0.107. The smallest absolute Gasteiger partial charge is 0.319 e. The minimum Gasteiger partial charge on any atom is -0.461 e. The zero-order valence-electron chi connectivity index (χ0n) is 20.2. The van der Waals surface area contributed by atoms with Crippen LogP contribution in [0.1, 0.15) is 27.6 Å². The molecular formula is C23H26BrF3N4O2. The number of aryl methyl sites for hydroxylation is 1. The highest BCUT2D eigenvalue weighted by molar-refractivity contribution is 9.10. The van der Waals surface area contributed by atoms with Gasteiger partial charge in [0.25, 0.3) is 0 Å². The number of halogens is 4. The van der Waals surface area contributed by atoms with Crippen LogP contribution in [0.25, 0.3) is 10.9 Å². The number of alkyl halides is 2. The highest BCUT2D eigenvalue weighted by atomic mass is 79.9. The lowest BCUT2D eigenvalue weighted by Gasteiger charge is -2.31. The molecule has 178 valence electrons. The summed E-state index contributed by atoms with van der Waals surface area (Å²) in [7, 11) is 0. The molecule has 0 N–H and O–H groups in total. The number of benzene rings is 1. The summed E-state index contributed by atoms with van der Waals surface area (Å²) in [6.07, 6.45) is -0.975. The average molecular weight is 529 g/mol. The van der Waals surface area contributed by atoms with Gasteiger partial charge >= 0.3 is 6.01 Å². The SMILES string of the molecule is [2H]C([2H])(Oc1nc(N2CCOC[C@H]3[C@H](F)[C@H]32)c2cc(F)c(Br)c(C)c2n1)[C@@]12CCCN1C[C@H](F)C2. The van der Waals surface area contributed by atoms with Gasteiger partial charge in [0.15, 0.2) is 0 Å². The predicted octanol–water partition coefficient (Wildman–Crippen LogP) is 3.97. The highest BCUT2D eigenvalue weighted by Gasteiger charge is 2.56. The van der Waals surface area contributed by atoms with Crippen LogP contribution in [0, 0.1) is 18.7 Å². The summed E-state index contributed by atoms with van der Waals surface area (Å²) in [5.41, 5.74) is -0.234. The first kappa shape index (κ1) is 19.6. The Hall–Kier alpha value is -1.65. The molecule has 2 aromatic rings. The number of hydrogen-bond acceptors (Lipinski definition) is 6. The van der Waals surface area contributed by atoms with E-state index in [1.165, 1.54) is 6.07 Å². The third-order valence-corrected chi connectivity index (χ3v) is 8.43. The predicted molar refractivity (Wildman–Crippen MR) is 121 cm³/mol. The van der Waals surface area contributed by atoms with Crippen molar-refractivity contribution < 1.29 is 25.4 Å². The van der Waals surface area contributed by atoms with E-state index in [1.807, 2.05) is 4.90 Å². The van der Waals surface area contributed by atoms with E-state index < -0.39 is 36.3 Å². The van der Waals surface area contributed by atoms with Crippen LogP contribution >= 0.6 is 15.9 Å². The van der Waals surface area contributed by atoms with E-state index in [0.29, 0.717) is 49.2 Å². The molecular weight excluding hydrogens is 501 g/mol. The fourth-order valence-electron chi connectivity index (χ4n) is 5.68. The quantitative estimate of drug-likeness (QED) is 0.598. The Morgan fingerprint density at radius 1 is 1.36 bits per heavy atom. The summed E-state index contributed by atoms with van der Waals surface area (Å²) < 4.78 is 73.0. The number of rotatable bonds is 4. The van der Waals surface area contributed by atoms with Crippen molar-refractivity contribution in [1.82, 2.24) is 14.9 Å². The maximum Gasteiger partial charge on any atom is 0.319 e. The van der Waals surface area contributed by atoms with Gasteiger partial charge < -0.3 is 14.4 Å². The van der Waals surface area contributed by atoms with Crippen molar-refractivity contribution in [1.29, 1.82) is 0 Å². The maximum absolute atomic E-state index is 14.7. The molecule has 0 spiro atoms. The Kier molecular flexibility index (Phi) is 4.73. The van der Waals surface area contributed by atoms with E-state index in [2.05, 4.69) is 25.9 Å². The van der Waals surface area contributed by atoms with Gasteiger partial charge in [-0.1, -0.05) is 0 Å². The van der Waals surface area contributed by atoms with E-state index in [-0.39, 0.29) is 35.2 Å². The van der Waals surface area contributed by atoms with Crippen LogP contribution in [0.4, 0.5) is 19.0 Å². The fraction of sp³-hybridized carbons (Fsp3) is 0.652. The fourth-order valence-corrected chi connectivity index (χ4v) is 5.98. The zero-order valence-corrected chi connectivity index (χ0v) is 19.7. The van der Waals surface area contributed by atoms with Crippen molar-refractivity contribution in [3.05, 3.63) is 21.9 Å². The number of fused-ring (bicyclic) bond motifs is 3. The minimum absolute atomic E-state index is 0.0347. The summed E-state index contributed by atoms with van der Waals surface area (Å²) >= 11 is 3.25. The van der Waals surface area contributed by atoms with Crippen LogP contribution in [-0.2, 0) is 4.74 Å². The Labute approximate surface area is 201 Å². The summed E-state index contributed by atoms with van der Waals surface area (Å²) in [6.45, 7) is 1.20. The molecule has 1 saturated carbocycles. The van der Waals surface area contributed by atoms with Crippen LogP contribution in [0.3, 0.4) is 0 Å². The van der Waals surface area contributed by atoms with Crippen LogP contribution in [0.15, 0.2) is 10.5 Å². The van der Waals surface area contributed by atoms with Gasteiger partial charge in [0.1, 0.15) is 30.5 Å². The van der Waals surface area contributed by atoms with Crippen molar-refractivity contribution in [2.75, 3.05) is 44.3 Å². The molecule has 1 aliphatic carbocycles. The average Bonchev–Trinajstić information content (AvgIpc) is 3.15. The topological polar surface area (TPSA) is 50.7 Å². The molecule has 4 heterocycles. The summed E-state index contributed by atoms with van der Waals surface area (Å²) in [5, 5.41) is 0.390. The third-order valence-electron chi connectivity index (χ3n) is 7.46. The monoisotopic (exact) mass is 528 g/mol. The maximum atomic E-state index is 14.7. The number of ether oxygens (including phenoxy) is 2. The summed E-state index contributed by atoms with van der Waals surface area (Å²) in [6, 6.07) is 0.609. The number of hydrogen-bond donors (Lipinski definition) is 0. The van der Waals surface area contributed by atoms with Crippen LogP contribution in [0.5, 0.6) is 6.01 Å². The molecule has 1 aromatic heterocycles. The molecule has 0 amide bonds. The van der Waals surface area contributed by atoms with E-state index in [0.717, 1.165) is 6.42 Å². The van der Waals surface area contributed by atoms with Crippen LogP contribution < -0.4 is 9.64 Å². The Morgan fingerprint density at radius 2 is 2.21 bits per heavy atom. The van der Waals surface area contributed by atoms with Gasteiger partial charge in [0, 0.05) is 30.8 Å². The molecule has 3 saturated heterocycles. The van der Waals surface area contributed by atoms with Gasteiger partial charge in [-0.25, -0.2) is 13.2 Å².